The van der Waals surface area contributed by atoms with E-state index in [0.29, 0.717) is 5.52 Å². The third kappa shape index (κ3) is 1.01. The molecule has 0 saturated heterocycles. The number of nitrogens with zero attached hydrogens (tertiary/aromatic N) is 2. The molecule has 0 bridgehead atoms. The van der Waals surface area contributed by atoms with Gasteiger partial charge in [0.2, 0.25) is 0 Å². The van der Waals surface area contributed by atoms with Gasteiger partial charge >= 0.3 is 0 Å². The maximum Gasteiger partial charge on any atom is 0.277 e. The second kappa shape index (κ2) is 2.70. The topological polar surface area (TPSA) is 50.7 Å². The third-order valence-corrected chi connectivity index (χ3v) is 2.57. The van der Waals surface area contributed by atoms with Crippen molar-refractivity contribution >= 4 is 21.9 Å². The summed E-state index contributed by atoms with van der Waals surface area (Å²) in [5.41, 5.74) is 2.22. The molecule has 0 atom stereocenters. The molecule has 4 nitrogen and oxygen atoms in total. The maximum atomic E-state index is 11.8. The summed E-state index contributed by atoms with van der Waals surface area (Å²) >= 11 is 0. The smallest absolute Gasteiger partial charge is 0.277 e. The van der Waals surface area contributed by atoms with Crippen molar-refractivity contribution < 1.29 is 0 Å². The predicted octanol–water partition coefficient (Wildman–Crippen LogP) is 1.41. The average Bonchev–Trinajstić information content (AvgIpc) is 2.63. The molecule has 2 aromatic heterocycles. The summed E-state index contributed by atoms with van der Waals surface area (Å²) in [5.74, 6) is 0. The highest BCUT2D eigenvalue weighted by molar-refractivity contribution is 6.04. The average molecular weight is 199 g/mol. The van der Waals surface area contributed by atoms with Crippen LogP contribution in [0.2, 0.25) is 0 Å². The van der Waals surface area contributed by atoms with E-state index in [1.165, 1.54) is 4.57 Å². The van der Waals surface area contributed by atoms with Crippen molar-refractivity contribution in [2.24, 2.45) is 7.05 Å². The van der Waals surface area contributed by atoms with Crippen molar-refractivity contribution in [2.75, 3.05) is 0 Å². The van der Waals surface area contributed by atoms with E-state index in [9.17, 15) is 4.79 Å². The fourth-order valence-electron chi connectivity index (χ4n) is 1.79. The highest BCUT2D eigenvalue weighted by Gasteiger charge is 2.08. The molecule has 0 radical (unpaired) electrons. The van der Waals surface area contributed by atoms with E-state index >= 15 is 0 Å². The number of nitrogens with one attached hydrogen (secondary N) is 1. The number of H-pyrrole nitrogens is 1. The number of hydrogen-bond donors (Lipinski definition) is 1. The van der Waals surface area contributed by atoms with Crippen LogP contribution in [0.5, 0.6) is 0 Å². The van der Waals surface area contributed by atoms with Crippen LogP contribution in [0.1, 0.15) is 0 Å². The van der Waals surface area contributed by atoms with Crippen molar-refractivity contribution in [1.82, 2.24) is 14.5 Å². The molecule has 0 fully saturated rings. The zero-order valence-electron chi connectivity index (χ0n) is 8.19. The lowest BCUT2D eigenvalue weighted by Crippen LogP contribution is -2.16. The van der Waals surface area contributed by atoms with Crippen LogP contribution in [-0.2, 0) is 7.05 Å². The molecule has 74 valence electrons. The SMILES string of the molecule is Cn1cnc2c([nH]c3ccccc32)c1=O. The largest absolute Gasteiger partial charge is 0.349 e. The number of fused-ring (bicyclic) bond motifs is 3. The minimum atomic E-state index is -0.0452. The monoisotopic (exact) mass is 199 g/mol. The van der Waals surface area contributed by atoms with E-state index < -0.39 is 0 Å². The van der Waals surface area contributed by atoms with Gasteiger partial charge in [0.15, 0.2) is 0 Å². The summed E-state index contributed by atoms with van der Waals surface area (Å²) in [7, 11) is 1.69. The number of hydrogen-bond acceptors (Lipinski definition) is 2. The van der Waals surface area contributed by atoms with Crippen LogP contribution in [-0.4, -0.2) is 14.5 Å². The van der Waals surface area contributed by atoms with Crippen molar-refractivity contribution in [3.8, 4) is 0 Å². The second-order valence-corrected chi connectivity index (χ2v) is 3.55. The first-order valence-electron chi connectivity index (χ1n) is 4.69. The molecule has 1 aromatic carbocycles. The molecule has 4 heteroatoms. The second-order valence-electron chi connectivity index (χ2n) is 3.55. The Kier molecular flexibility index (Phi) is 1.48. The Labute approximate surface area is 85.2 Å². The van der Waals surface area contributed by atoms with Crippen LogP contribution in [0.25, 0.3) is 21.9 Å². The zero-order valence-corrected chi connectivity index (χ0v) is 8.19. The fourth-order valence-corrected chi connectivity index (χ4v) is 1.79. The molecule has 2 heterocycles. The number of benzene rings is 1. The first-order chi connectivity index (χ1) is 7.27. The van der Waals surface area contributed by atoms with E-state index in [2.05, 4.69) is 9.97 Å². The van der Waals surface area contributed by atoms with Gasteiger partial charge in [-0.25, -0.2) is 4.98 Å². The lowest BCUT2D eigenvalue weighted by Gasteiger charge is -1.94. The Morgan fingerprint density at radius 1 is 1.33 bits per heavy atom. The van der Waals surface area contributed by atoms with E-state index in [1.807, 2.05) is 24.3 Å². The van der Waals surface area contributed by atoms with Crippen LogP contribution in [0.3, 0.4) is 0 Å². The first kappa shape index (κ1) is 8.23. The van der Waals surface area contributed by atoms with E-state index in [1.54, 1.807) is 13.4 Å². The molecule has 0 aliphatic carbocycles. The molecule has 0 saturated carbocycles. The number of aryl methyl sites for hydroxylation is 1. The summed E-state index contributed by atoms with van der Waals surface area (Å²) in [5, 5.41) is 0.991. The van der Waals surface area contributed by atoms with Crippen molar-refractivity contribution in [3.63, 3.8) is 0 Å². The van der Waals surface area contributed by atoms with Gasteiger partial charge in [0.25, 0.3) is 5.56 Å². The van der Waals surface area contributed by atoms with E-state index in [4.69, 9.17) is 0 Å². The Morgan fingerprint density at radius 2 is 2.13 bits per heavy atom. The minimum Gasteiger partial charge on any atom is -0.349 e. The normalized spacial score (nSPS) is 11.3. The summed E-state index contributed by atoms with van der Waals surface area (Å²) in [6, 6.07) is 7.77. The van der Waals surface area contributed by atoms with Gasteiger partial charge in [-0.3, -0.25) is 4.79 Å². The van der Waals surface area contributed by atoms with Crippen LogP contribution in [0.4, 0.5) is 0 Å². The van der Waals surface area contributed by atoms with Crippen LogP contribution in [0, 0.1) is 0 Å². The molecule has 0 aliphatic heterocycles. The number of aromatic amines is 1. The molecule has 3 rings (SSSR count). The first-order valence-corrected chi connectivity index (χ1v) is 4.69. The van der Waals surface area contributed by atoms with Crippen molar-refractivity contribution in [2.45, 2.75) is 0 Å². The number of rotatable bonds is 0. The van der Waals surface area contributed by atoms with Crippen molar-refractivity contribution in [3.05, 3.63) is 40.9 Å². The van der Waals surface area contributed by atoms with E-state index in [0.717, 1.165) is 16.4 Å². The maximum absolute atomic E-state index is 11.8. The van der Waals surface area contributed by atoms with Gasteiger partial charge in [0.1, 0.15) is 11.0 Å². The lowest BCUT2D eigenvalue weighted by atomic mass is 10.2. The van der Waals surface area contributed by atoms with E-state index in [-0.39, 0.29) is 5.56 Å². The Bertz CT molecular complexity index is 708. The summed E-state index contributed by atoms with van der Waals surface area (Å²) in [6.45, 7) is 0. The molecule has 0 aliphatic rings. The van der Waals surface area contributed by atoms with Crippen molar-refractivity contribution in [1.29, 1.82) is 0 Å². The summed E-state index contributed by atoms with van der Waals surface area (Å²) in [4.78, 5) is 19.1. The highest BCUT2D eigenvalue weighted by atomic mass is 16.1. The summed E-state index contributed by atoms with van der Waals surface area (Å²) < 4.78 is 1.47. The highest BCUT2D eigenvalue weighted by Crippen LogP contribution is 2.20. The standard InChI is InChI=1S/C11H9N3O/c1-14-6-12-9-7-4-2-3-5-8(7)13-10(9)11(14)15/h2-6,13H,1H3. The van der Waals surface area contributed by atoms with Crippen LogP contribution >= 0.6 is 0 Å². The van der Waals surface area contributed by atoms with Gasteiger partial charge in [-0.15, -0.1) is 0 Å². The number of para-hydroxylation sites is 1. The number of aromatic nitrogens is 3. The molecule has 3 aromatic rings. The van der Waals surface area contributed by atoms with Crippen LogP contribution < -0.4 is 5.56 Å². The molecular formula is C11H9N3O. The Balaban J connectivity index is 2.66. The predicted molar refractivity (Wildman–Crippen MR) is 58.8 cm³/mol. The minimum absolute atomic E-state index is 0.0452. The van der Waals surface area contributed by atoms with Gasteiger partial charge in [-0.1, -0.05) is 18.2 Å². The molecule has 15 heavy (non-hydrogen) atoms. The van der Waals surface area contributed by atoms with Crippen LogP contribution in [0.15, 0.2) is 35.4 Å². The van der Waals surface area contributed by atoms with Gasteiger partial charge in [-0.2, -0.15) is 0 Å². The molecule has 0 unspecified atom stereocenters. The van der Waals surface area contributed by atoms with Gasteiger partial charge in [-0.05, 0) is 6.07 Å². The Hall–Kier alpha value is -2.10. The summed E-state index contributed by atoms with van der Waals surface area (Å²) in [6.07, 6.45) is 1.55. The zero-order chi connectivity index (χ0) is 10.4. The van der Waals surface area contributed by atoms with Gasteiger partial charge in [0, 0.05) is 18.0 Å². The van der Waals surface area contributed by atoms with Gasteiger partial charge < -0.3 is 9.55 Å². The molecular weight excluding hydrogens is 190 g/mol. The lowest BCUT2D eigenvalue weighted by molar-refractivity contribution is 0.841. The Morgan fingerprint density at radius 3 is 3.00 bits per heavy atom. The molecule has 0 amide bonds. The van der Waals surface area contributed by atoms with Gasteiger partial charge in [0.05, 0.1) is 6.33 Å². The quantitative estimate of drug-likeness (QED) is 0.595. The fraction of sp³-hybridized carbons (Fsp3) is 0.0909. The third-order valence-electron chi connectivity index (χ3n) is 2.57. The molecule has 0 spiro atoms. The molecule has 1 N–H and O–H groups in total.